The topological polar surface area (TPSA) is 61.4 Å². The van der Waals surface area contributed by atoms with E-state index < -0.39 is 10.0 Å². The number of hydrogen-bond donors (Lipinski definition) is 2. The molecule has 112 valence electrons. The molecule has 2 fully saturated rings. The van der Waals surface area contributed by atoms with E-state index in [1.807, 2.05) is 0 Å². The van der Waals surface area contributed by atoms with Crippen molar-refractivity contribution in [3.63, 3.8) is 0 Å². The van der Waals surface area contributed by atoms with Gasteiger partial charge in [-0.1, -0.05) is 6.92 Å². The summed E-state index contributed by atoms with van der Waals surface area (Å²) < 4.78 is 26.9. The van der Waals surface area contributed by atoms with Crippen molar-refractivity contribution >= 4 is 10.0 Å². The maximum atomic E-state index is 12.0. The lowest BCUT2D eigenvalue weighted by Gasteiger charge is -2.34. The van der Waals surface area contributed by atoms with Gasteiger partial charge in [0.15, 0.2) is 0 Å². The highest BCUT2D eigenvalue weighted by molar-refractivity contribution is 7.89. The molecule has 0 aromatic rings. The maximum absolute atomic E-state index is 12.0. The van der Waals surface area contributed by atoms with Crippen LogP contribution >= 0.6 is 0 Å². The first kappa shape index (κ1) is 15.2. The molecule has 5 nitrogen and oxygen atoms in total. The van der Waals surface area contributed by atoms with Gasteiger partial charge in [0.2, 0.25) is 10.0 Å². The molecule has 0 aromatic heterocycles. The fraction of sp³-hybridized carbons (Fsp3) is 1.00. The SMILES string of the molecule is CCCNCCS(=O)(=O)NC1CCN2CCCC2C1. The van der Waals surface area contributed by atoms with Crippen molar-refractivity contribution in [3.8, 4) is 0 Å². The summed E-state index contributed by atoms with van der Waals surface area (Å²) >= 11 is 0. The van der Waals surface area contributed by atoms with Crippen LogP contribution in [0, 0.1) is 0 Å². The fourth-order valence-electron chi connectivity index (χ4n) is 3.15. The Balaban J connectivity index is 1.73. The van der Waals surface area contributed by atoms with Crippen LogP contribution in [0.15, 0.2) is 0 Å². The van der Waals surface area contributed by atoms with Crippen LogP contribution < -0.4 is 10.0 Å². The Labute approximate surface area is 117 Å². The number of nitrogens with one attached hydrogen (secondary N) is 2. The van der Waals surface area contributed by atoms with Gasteiger partial charge in [0.25, 0.3) is 0 Å². The summed E-state index contributed by atoms with van der Waals surface area (Å²) in [6.07, 6.45) is 5.48. The molecule has 2 aliphatic rings. The smallest absolute Gasteiger partial charge is 0.213 e. The molecule has 0 bridgehead atoms. The van der Waals surface area contributed by atoms with E-state index in [9.17, 15) is 8.42 Å². The number of sulfonamides is 1. The van der Waals surface area contributed by atoms with Crippen molar-refractivity contribution < 1.29 is 8.42 Å². The number of fused-ring (bicyclic) bond motifs is 1. The third kappa shape index (κ3) is 4.70. The Bertz CT molecular complexity index is 372. The molecule has 0 radical (unpaired) electrons. The standard InChI is InChI=1S/C13H27N3O2S/c1-2-6-14-7-10-19(17,18)15-12-5-9-16-8-3-4-13(16)11-12/h12-15H,2-11H2,1H3. The number of piperidine rings is 1. The van der Waals surface area contributed by atoms with Crippen molar-refractivity contribution in [1.82, 2.24) is 14.9 Å². The predicted octanol–water partition coefficient (Wildman–Crippen LogP) is 0.532. The average Bonchev–Trinajstić information content (AvgIpc) is 2.81. The molecule has 2 unspecified atom stereocenters. The maximum Gasteiger partial charge on any atom is 0.213 e. The van der Waals surface area contributed by atoms with E-state index in [0.29, 0.717) is 12.6 Å². The zero-order valence-corrected chi connectivity index (χ0v) is 12.7. The molecule has 2 heterocycles. The zero-order chi connectivity index (χ0) is 13.7. The van der Waals surface area contributed by atoms with Crippen molar-refractivity contribution in [1.29, 1.82) is 0 Å². The summed E-state index contributed by atoms with van der Waals surface area (Å²) in [5.41, 5.74) is 0. The molecule has 2 atom stereocenters. The second kappa shape index (κ2) is 7.02. The first-order chi connectivity index (χ1) is 9.11. The highest BCUT2D eigenvalue weighted by Gasteiger charge is 2.33. The van der Waals surface area contributed by atoms with Gasteiger partial charge < -0.3 is 10.2 Å². The molecule has 6 heteroatoms. The summed E-state index contributed by atoms with van der Waals surface area (Å²) in [6.45, 7) is 5.76. The summed E-state index contributed by atoms with van der Waals surface area (Å²) in [4.78, 5) is 2.51. The molecule has 2 aliphatic heterocycles. The molecule has 0 aromatic carbocycles. The van der Waals surface area contributed by atoms with Gasteiger partial charge in [-0.15, -0.1) is 0 Å². The van der Waals surface area contributed by atoms with Crippen molar-refractivity contribution in [2.45, 2.75) is 51.1 Å². The molecule has 2 rings (SSSR count). The van der Waals surface area contributed by atoms with Crippen molar-refractivity contribution in [2.75, 3.05) is 31.9 Å². The van der Waals surface area contributed by atoms with Crippen LogP contribution in [0.1, 0.15) is 39.0 Å². The molecule has 2 N–H and O–H groups in total. The van der Waals surface area contributed by atoms with Crippen LogP contribution in [0.3, 0.4) is 0 Å². The Morgan fingerprint density at radius 3 is 2.84 bits per heavy atom. The average molecular weight is 289 g/mol. The van der Waals surface area contributed by atoms with Crippen LogP contribution in [0.25, 0.3) is 0 Å². The van der Waals surface area contributed by atoms with Crippen molar-refractivity contribution in [2.24, 2.45) is 0 Å². The van der Waals surface area contributed by atoms with Gasteiger partial charge in [-0.05, 0) is 51.7 Å². The molecular weight excluding hydrogens is 262 g/mol. The minimum atomic E-state index is -3.12. The third-order valence-electron chi connectivity index (χ3n) is 4.14. The summed E-state index contributed by atoms with van der Waals surface area (Å²) in [5.74, 6) is 0.192. The van der Waals surface area contributed by atoms with Gasteiger partial charge in [-0.2, -0.15) is 0 Å². The predicted molar refractivity (Wildman–Crippen MR) is 77.7 cm³/mol. The van der Waals surface area contributed by atoms with Gasteiger partial charge in [-0.25, -0.2) is 13.1 Å². The minimum absolute atomic E-state index is 0.149. The number of hydrogen-bond acceptors (Lipinski definition) is 4. The lowest BCUT2D eigenvalue weighted by atomic mass is 9.99. The third-order valence-corrected chi connectivity index (χ3v) is 5.58. The van der Waals surface area contributed by atoms with Crippen LogP contribution in [-0.4, -0.2) is 57.3 Å². The van der Waals surface area contributed by atoms with Gasteiger partial charge in [0.1, 0.15) is 0 Å². The molecule has 0 spiro atoms. The van der Waals surface area contributed by atoms with E-state index in [4.69, 9.17) is 0 Å². The molecule has 2 saturated heterocycles. The molecule has 0 aliphatic carbocycles. The van der Waals surface area contributed by atoms with E-state index in [-0.39, 0.29) is 11.8 Å². The Morgan fingerprint density at radius 2 is 2.05 bits per heavy atom. The van der Waals surface area contributed by atoms with Crippen LogP contribution in [-0.2, 0) is 10.0 Å². The number of rotatable bonds is 7. The van der Waals surface area contributed by atoms with Crippen LogP contribution in [0.2, 0.25) is 0 Å². The van der Waals surface area contributed by atoms with E-state index in [2.05, 4.69) is 21.9 Å². The van der Waals surface area contributed by atoms with Crippen molar-refractivity contribution in [3.05, 3.63) is 0 Å². The van der Waals surface area contributed by atoms with E-state index in [1.54, 1.807) is 0 Å². The van der Waals surface area contributed by atoms with E-state index in [0.717, 1.165) is 32.4 Å². The Kier molecular flexibility index (Phi) is 5.62. The highest BCUT2D eigenvalue weighted by atomic mass is 32.2. The second-order valence-corrected chi connectivity index (χ2v) is 7.61. The lowest BCUT2D eigenvalue weighted by Crippen LogP contribution is -2.48. The van der Waals surface area contributed by atoms with Crippen LogP contribution in [0.4, 0.5) is 0 Å². The Morgan fingerprint density at radius 1 is 1.21 bits per heavy atom. The normalized spacial score (nSPS) is 28.5. The van der Waals surface area contributed by atoms with E-state index in [1.165, 1.54) is 19.4 Å². The van der Waals surface area contributed by atoms with Gasteiger partial charge >= 0.3 is 0 Å². The lowest BCUT2D eigenvalue weighted by molar-refractivity contribution is 0.176. The quantitative estimate of drug-likeness (QED) is 0.671. The first-order valence-corrected chi connectivity index (χ1v) is 9.20. The summed E-state index contributed by atoms with van der Waals surface area (Å²) in [5, 5.41) is 3.14. The van der Waals surface area contributed by atoms with Gasteiger partial charge in [-0.3, -0.25) is 0 Å². The molecule has 0 saturated carbocycles. The van der Waals surface area contributed by atoms with Gasteiger partial charge in [0.05, 0.1) is 5.75 Å². The largest absolute Gasteiger partial charge is 0.316 e. The van der Waals surface area contributed by atoms with Gasteiger partial charge in [0, 0.05) is 18.6 Å². The summed E-state index contributed by atoms with van der Waals surface area (Å²) in [7, 11) is -3.12. The summed E-state index contributed by atoms with van der Waals surface area (Å²) in [6, 6.07) is 0.759. The zero-order valence-electron chi connectivity index (χ0n) is 11.9. The minimum Gasteiger partial charge on any atom is -0.316 e. The second-order valence-electron chi connectivity index (χ2n) is 5.74. The molecular formula is C13H27N3O2S. The molecule has 19 heavy (non-hydrogen) atoms. The Hall–Kier alpha value is -0.170. The van der Waals surface area contributed by atoms with Crippen LogP contribution in [0.5, 0.6) is 0 Å². The monoisotopic (exact) mass is 289 g/mol. The molecule has 0 amide bonds. The van der Waals surface area contributed by atoms with E-state index >= 15 is 0 Å². The fourth-order valence-corrected chi connectivity index (χ4v) is 4.41. The number of nitrogens with zero attached hydrogens (tertiary/aromatic N) is 1. The highest BCUT2D eigenvalue weighted by Crippen LogP contribution is 2.27. The first-order valence-electron chi connectivity index (χ1n) is 7.55.